The van der Waals surface area contributed by atoms with Crippen LogP contribution in [0.1, 0.15) is 44.0 Å². The monoisotopic (exact) mass is 461 g/mol. The second-order valence-corrected chi connectivity index (χ2v) is 9.04. The molecule has 2 N–H and O–H groups in total. The van der Waals surface area contributed by atoms with E-state index in [1.807, 2.05) is 4.90 Å². The molecular formula is C22H31N5O6. The van der Waals surface area contributed by atoms with E-state index in [9.17, 15) is 19.2 Å². The van der Waals surface area contributed by atoms with Gasteiger partial charge in [0.2, 0.25) is 0 Å². The average Bonchev–Trinajstić information content (AvgIpc) is 3.06. The molecule has 33 heavy (non-hydrogen) atoms. The minimum Gasteiger partial charge on any atom is -0.465 e. The lowest BCUT2D eigenvalue weighted by atomic mass is 10.1. The lowest BCUT2D eigenvalue weighted by Gasteiger charge is -2.35. The minimum atomic E-state index is -0.666. The summed E-state index contributed by atoms with van der Waals surface area (Å²) in [4.78, 5) is 54.5. The van der Waals surface area contributed by atoms with E-state index in [4.69, 9.17) is 9.47 Å². The summed E-state index contributed by atoms with van der Waals surface area (Å²) < 4.78 is 13.3. The van der Waals surface area contributed by atoms with E-state index >= 15 is 0 Å². The molecule has 1 atom stereocenters. The maximum atomic E-state index is 12.9. The van der Waals surface area contributed by atoms with Crippen LogP contribution < -0.4 is 21.5 Å². The Balaban J connectivity index is 2.13. The molecule has 0 radical (unpaired) electrons. The number of aromatic amines is 1. The minimum absolute atomic E-state index is 0.123. The van der Waals surface area contributed by atoms with Crippen molar-refractivity contribution in [2.75, 3.05) is 25.1 Å². The number of ether oxygens (including phenoxy) is 2. The molecule has 11 nitrogen and oxygen atoms in total. The number of aromatic nitrogens is 3. The first-order valence-corrected chi connectivity index (χ1v) is 10.8. The molecule has 2 aromatic heterocycles. The van der Waals surface area contributed by atoms with Gasteiger partial charge in [0, 0.05) is 32.7 Å². The summed E-state index contributed by atoms with van der Waals surface area (Å²) in [6.07, 6.45) is 2.54. The summed E-state index contributed by atoms with van der Waals surface area (Å²) in [7, 11) is 2.73. The number of esters is 1. The lowest BCUT2D eigenvalue weighted by molar-refractivity contribution is 0.0498. The number of methoxy groups -OCH3 is 1. The van der Waals surface area contributed by atoms with Crippen molar-refractivity contribution in [1.82, 2.24) is 19.4 Å². The molecule has 0 aromatic carbocycles. The van der Waals surface area contributed by atoms with Crippen molar-refractivity contribution >= 4 is 28.9 Å². The molecule has 0 unspecified atom stereocenters. The van der Waals surface area contributed by atoms with Crippen LogP contribution >= 0.6 is 0 Å². The van der Waals surface area contributed by atoms with Crippen LogP contribution in [0.3, 0.4) is 0 Å². The van der Waals surface area contributed by atoms with Gasteiger partial charge in [0.15, 0.2) is 0 Å². The van der Waals surface area contributed by atoms with Crippen LogP contribution in [0, 0.1) is 0 Å². The first kappa shape index (κ1) is 24.1. The van der Waals surface area contributed by atoms with Crippen molar-refractivity contribution in [1.29, 1.82) is 0 Å². The van der Waals surface area contributed by atoms with Gasteiger partial charge in [-0.25, -0.2) is 14.4 Å². The third-order valence-corrected chi connectivity index (χ3v) is 5.43. The molecule has 3 heterocycles. The van der Waals surface area contributed by atoms with Crippen molar-refractivity contribution in [2.45, 2.75) is 51.8 Å². The van der Waals surface area contributed by atoms with Gasteiger partial charge in [-0.1, -0.05) is 6.08 Å². The smallest absolute Gasteiger partial charge is 0.407 e. The number of H-pyrrole nitrogens is 1. The fourth-order valence-electron chi connectivity index (χ4n) is 4.18. The molecule has 1 amide bonds. The van der Waals surface area contributed by atoms with E-state index in [1.54, 1.807) is 31.4 Å². The van der Waals surface area contributed by atoms with Gasteiger partial charge in [-0.2, -0.15) is 0 Å². The number of amides is 1. The van der Waals surface area contributed by atoms with Gasteiger partial charge in [-0.15, -0.1) is 6.58 Å². The SMILES string of the molecule is C=CCn1c(N2CCC[C@@H](NC(=O)OC(C)(C)C)C2)c(C(=O)OC)c2c1c(=O)[nH]c(=O)n2C. The zero-order valence-corrected chi connectivity index (χ0v) is 19.7. The molecular weight excluding hydrogens is 430 g/mol. The van der Waals surface area contributed by atoms with Crippen molar-refractivity contribution in [3.05, 3.63) is 39.1 Å². The number of nitrogens with one attached hydrogen (secondary N) is 2. The first-order valence-electron chi connectivity index (χ1n) is 10.8. The quantitative estimate of drug-likeness (QED) is 0.510. The fraction of sp³-hybridized carbons (Fsp3) is 0.545. The Bertz CT molecular complexity index is 1200. The highest BCUT2D eigenvalue weighted by Gasteiger charge is 2.33. The van der Waals surface area contributed by atoms with Crippen molar-refractivity contribution < 1.29 is 19.1 Å². The number of nitrogens with zero attached hydrogens (tertiary/aromatic N) is 3. The summed E-state index contributed by atoms with van der Waals surface area (Å²) in [5.74, 6) is -0.222. The third-order valence-electron chi connectivity index (χ3n) is 5.43. The number of hydrogen-bond donors (Lipinski definition) is 2. The Morgan fingerprint density at radius 3 is 2.58 bits per heavy atom. The Hall–Kier alpha value is -3.50. The second kappa shape index (κ2) is 9.16. The number of rotatable bonds is 5. The van der Waals surface area contributed by atoms with Crippen LogP contribution in [0.2, 0.25) is 0 Å². The molecule has 1 aliphatic heterocycles. The molecule has 0 saturated carbocycles. The molecule has 1 aliphatic rings. The largest absolute Gasteiger partial charge is 0.465 e. The molecule has 3 rings (SSSR count). The van der Waals surface area contributed by atoms with Gasteiger partial charge in [0.1, 0.15) is 22.5 Å². The van der Waals surface area contributed by atoms with Crippen molar-refractivity contribution in [2.24, 2.45) is 7.05 Å². The number of allylic oxidation sites excluding steroid dienone is 1. The van der Waals surface area contributed by atoms with Gasteiger partial charge in [0.05, 0.1) is 12.6 Å². The highest BCUT2D eigenvalue weighted by Crippen LogP contribution is 2.33. The fourth-order valence-corrected chi connectivity index (χ4v) is 4.18. The molecule has 0 spiro atoms. The number of carbonyl (C=O) groups excluding carboxylic acids is 2. The summed E-state index contributed by atoms with van der Waals surface area (Å²) in [6.45, 7) is 10.3. The number of hydrogen-bond acceptors (Lipinski definition) is 7. The van der Waals surface area contributed by atoms with Gasteiger partial charge in [-0.3, -0.25) is 14.3 Å². The van der Waals surface area contributed by atoms with Gasteiger partial charge < -0.3 is 24.3 Å². The third kappa shape index (κ3) is 4.81. The van der Waals surface area contributed by atoms with Gasteiger partial charge in [0.25, 0.3) is 5.56 Å². The van der Waals surface area contributed by atoms with E-state index in [0.29, 0.717) is 18.9 Å². The zero-order chi connectivity index (χ0) is 24.5. The number of piperidine rings is 1. The van der Waals surface area contributed by atoms with E-state index < -0.39 is 28.9 Å². The van der Waals surface area contributed by atoms with E-state index in [0.717, 1.165) is 12.8 Å². The summed E-state index contributed by atoms with van der Waals surface area (Å²) in [5, 5.41) is 2.88. The predicted molar refractivity (Wildman–Crippen MR) is 124 cm³/mol. The summed E-state index contributed by atoms with van der Waals surface area (Å²) in [6, 6.07) is -0.239. The Morgan fingerprint density at radius 2 is 1.97 bits per heavy atom. The Labute approximate surface area is 191 Å². The molecule has 0 aliphatic carbocycles. The van der Waals surface area contributed by atoms with Crippen LogP contribution in [0.4, 0.5) is 10.6 Å². The molecule has 2 aromatic rings. The topological polar surface area (TPSA) is 128 Å². The standard InChI is InChI=1S/C22H31N5O6/c1-7-10-27-16-15(25(5)20(30)24-17(16)28)14(19(29)32-6)18(27)26-11-8-9-13(12-26)23-21(31)33-22(2,3)4/h7,13H,1,8-12H2,2-6H3,(H,23,31)(H,24,28,30)/t13-/m1/s1. The first-order chi connectivity index (χ1) is 15.5. The van der Waals surface area contributed by atoms with E-state index in [-0.39, 0.29) is 29.2 Å². The Morgan fingerprint density at radius 1 is 1.27 bits per heavy atom. The van der Waals surface area contributed by atoms with E-state index in [1.165, 1.54) is 18.7 Å². The molecule has 1 fully saturated rings. The molecule has 180 valence electrons. The highest BCUT2D eigenvalue weighted by molar-refractivity contribution is 6.08. The van der Waals surface area contributed by atoms with Crippen LogP contribution in [0.15, 0.2) is 22.2 Å². The lowest BCUT2D eigenvalue weighted by Crippen LogP contribution is -2.49. The Kier molecular flexibility index (Phi) is 6.71. The normalized spacial score (nSPS) is 16.5. The van der Waals surface area contributed by atoms with Gasteiger partial charge in [-0.05, 0) is 33.6 Å². The summed E-state index contributed by atoms with van der Waals surface area (Å²) in [5.41, 5.74) is -1.38. The number of carbonyl (C=O) groups is 2. The molecule has 0 bridgehead atoms. The number of alkyl carbamates (subject to hydrolysis) is 1. The highest BCUT2D eigenvalue weighted by atomic mass is 16.6. The molecule has 1 saturated heterocycles. The number of fused-ring (bicyclic) bond motifs is 1. The second-order valence-electron chi connectivity index (χ2n) is 9.04. The maximum absolute atomic E-state index is 12.9. The van der Waals surface area contributed by atoms with Crippen LogP contribution in [-0.4, -0.2) is 58.0 Å². The predicted octanol–water partition coefficient (Wildman–Crippen LogP) is 1.49. The maximum Gasteiger partial charge on any atom is 0.407 e. The average molecular weight is 462 g/mol. The van der Waals surface area contributed by atoms with Crippen LogP contribution in [-0.2, 0) is 23.1 Å². The number of anilines is 1. The van der Waals surface area contributed by atoms with Crippen molar-refractivity contribution in [3.8, 4) is 0 Å². The van der Waals surface area contributed by atoms with Crippen molar-refractivity contribution in [3.63, 3.8) is 0 Å². The van der Waals surface area contributed by atoms with Crippen LogP contribution in [0.25, 0.3) is 11.0 Å². The molecule has 11 heteroatoms. The number of aryl methyl sites for hydroxylation is 1. The van der Waals surface area contributed by atoms with E-state index in [2.05, 4.69) is 16.9 Å². The summed E-state index contributed by atoms with van der Waals surface area (Å²) >= 11 is 0. The van der Waals surface area contributed by atoms with Crippen LogP contribution in [0.5, 0.6) is 0 Å². The zero-order valence-electron chi connectivity index (χ0n) is 19.7. The van der Waals surface area contributed by atoms with Gasteiger partial charge >= 0.3 is 17.8 Å².